The van der Waals surface area contributed by atoms with Crippen molar-refractivity contribution in [3.8, 4) is 17.2 Å². The van der Waals surface area contributed by atoms with Gasteiger partial charge in [0, 0.05) is 11.8 Å². The van der Waals surface area contributed by atoms with Crippen LogP contribution < -0.4 is 9.47 Å². The molecule has 31 heavy (non-hydrogen) atoms. The van der Waals surface area contributed by atoms with Crippen molar-refractivity contribution in [1.29, 1.82) is 0 Å². The van der Waals surface area contributed by atoms with E-state index < -0.39 is 36.1 Å². The summed E-state index contributed by atoms with van der Waals surface area (Å²) in [5, 5.41) is 10.6. The Labute approximate surface area is 173 Å². The summed E-state index contributed by atoms with van der Waals surface area (Å²) in [6, 6.07) is 6.60. The van der Waals surface area contributed by atoms with Gasteiger partial charge in [0.25, 0.3) is 0 Å². The lowest BCUT2D eigenvalue weighted by atomic mass is 10.00. The van der Waals surface area contributed by atoms with Crippen LogP contribution in [0.4, 0.5) is 22.0 Å². The molecule has 4 rings (SSSR count). The summed E-state index contributed by atoms with van der Waals surface area (Å²) in [6.45, 7) is -1.42. The molecule has 2 aromatic carbocycles. The number of aliphatic hydroxyl groups is 1. The number of halogens is 5. The summed E-state index contributed by atoms with van der Waals surface area (Å²) in [5.41, 5.74) is 0.0978. The van der Waals surface area contributed by atoms with Gasteiger partial charge in [0.1, 0.15) is 5.75 Å². The average Bonchev–Trinajstić information content (AvgIpc) is 3.36. The average molecular weight is 444 g/mol. The van der Waals surface area contributed by atoms with E-state index in [1.165, 1.54) is 12.1 Å². The van der Waals surface area contributed by atoms with Gasteiger partial charge in [-0.2, -0.15) is 22.0 Å². The molecular weight excluding hydrogens is 427 g/mol. The van der Waals surface area contributed by atoms with Gasteiger partial charge in [0.15, 0.2) is 11.5 Å². The number of ether oxygens (including phenoxy) is 3. The Hall–Kier alpha value is -2.88. The van der Waals surface area contributed by atoms with E-state index in [0.717, 1.165) is 11.6 Å². The molecule has 1 N–H and O–H groups in total. The van der Waals surface area contributed by atoms with Crippen molar-refractivity contribution >= 4 is 5.97 Å². The van der Waals surface area contributed by atoms with Crippen LogP contribution in [0.25, 0.3) is 0 Å². The Kier molecular flexibility index (Phi) is 5.28. The van der Waals surface area contributed by atoms with E-state index in [9.17, 15) is 31.9 Å². The maximum atomic E-state index is 12.9. The molecule has 0 aliphatic heterocycles. The number of carbonyl (C=O) groups is 1. The van der Waals surface area contributed by atoms with E-state index in [-0.39, 0.29) is 35.9 Å². The zero-order chi connectivity index (χ0) is 22.5. The highest BCUT2D eigenvalue weighted by Gasteiger charge is 2.64. The number of aliphatic hydroxyl groups excluding tert-OH is 1. The lowest BCUT2D eigenvalue weighted by molar-refractivity contribution is -0.145. The Balaban J connectivity index is 1.58. The molecule has 1 fully saturated rings. The summed E-state index contributed by atoms with van der Waals surface area (Å²) in [6.07, 6.45) is -5.69. The van der Waals surface area contributed by atoms with Crippen molar-refractivity contribution in [2.75, 3.05) is 6.61 Å². The quantitative estimate of drug-likeness (QED) is 0.500. The van der Waals surface area contributed by atoms with Crippen LogP contribution in [0, 0.1) is 11.8 Å². The summed E-state index contributed by atoms with van der Waals surface area (Å²) in [5.74, 6) is -2.27. The third kappa shape index (κ3) is 3.91. The van der Waals surface area contributed by atoms with Gasteiger partial charge in [0.2, 0.25) is 0 Å². The van der Waals surface area contributed by atoms with Gasteiger partial charge in [-0.15, -0.1) is 0 Å². The monoisotopic (exact) mass is 444 g/mol. The molecular formula is C21H17F5O5. The predicted octanol–water partition coefficient (Wildman–Crippen LogP) is 5.04. The Morgan fingerprint density at radius 3 is 2.48 bits per heavy atom. The number of rotatable bonds is 6. The lowest BCUT2D eigenvalue weighted by Crippen LogP contribution is -2.13. The number of hydrogen-bond acceptors (Lipinski definition) is 5. The Bertz CT molecular complexity index is 1010. The highest BCUT2D eigenvalue weighted by atomic mass is 19.4. The van der Waals surface area contributed by atoms with Crippen molar-refractivity contribution < 1.29 is 46.1 Å². The Morgan fingerprint density at radius 2 is 1.84 bits per heavy atom. The van der Waals surface area contributed by atoms with Gasteiger partial charge in [0.05, 0.1) is 24.2 Å². The molecule has 2 aromatic rings. The van der Waals surface area contributed by atoms with Gasteiger partial charge in [-0.1, -0.05) is 6.07 Å². The van der Waals surface area contributed by atoms with Gasteiger partial charge >= 0.3 is 18.8 Å². The van der Waals surface area contributed by atoms with Gasteiger partial charge in [-0.25, -0.2) is 0 Å². The lowest BCUT2D eigenvalue weighted by Gasteiger charge is -2.17. The fourth-order valence-corrected chi connectivity index (χ4v) is 4.14. The number of alkyl halides is 5. The molecule has 0 radical (unpaired) electrons. The van der Waals surface area contributed by atoms with Crippen molar-refractivity contribution in [2.45, 2.75) is 31.7 Å². The minimum Gasteiger partial charge on any atom is -0.466 e. The first kappa shape index (κ1) is 21.4. The molecule has 4 atom stereocenters. The first-order chi connectivity index (χ1) is 14.6. The summed E-state index contributed by atoms with van der Waals surface area (Å²) < 4.78 is 78.7. The predicted molar refractivity (Wildman–Crippen MR) is 95.9 cm³/mol. The fraction of sp³-hybridized carbons (Fsp3) is 0.381. The first-order valence-corrected chi connectivity index (χ1v) is 9.44. The molecule has 0 spiro atoms. The number of esters is 1. The fourth-order valence-electron chi connectivity index (χ4n) is 4.14. The number of carbonyl (C=O) groups excluding carboxylic acids is 1. The van der Waals surface area contributed by atoms with Crippen LogP contribution in [0.15, 0.2) is 36.4 Å². The molecule has 0 heterocycles. The summed E-state index contributed by atoms with van der Waals surface area (Å²) in [7, 11) is 0. The van der Waals surface area contributed by atoms with E-state index in [4.69, 9.17) is 9.47 Å². The van der Waals surface area contributed by atoms with Crippen LogP contribution in [0.5, 0.6) is 17.2 Å². The normalized spacial score (nSPS) is 23.9. The number of fused-ring (bicyclic) bond motifs is 3. The summed E-state index contributed by atoms with van der Waals surface area (Å²) in [4.78, 5) is 12.0. The SMILES string of the molecule is CCOC(=O)C1C2c3ccc(Oc4ccc(C(F)(F)F)cc4OC(F)F)cc3C(O)C12. The first-order valence-electron chi connectivity index (χ1n) is 9.44. The second-order valence-corrected chi connectivity index (χ2v) is 7.26. The topological polar surface area (TPSA) is 65.0 Å². The third-order valence-electron chi connectivity index (χ3n) is 5.45. The second-order valence-electron chi connectivity index (χ2n) is 7.26. The van der Waals surface area contributed by atoms with Crippen LogP contribution in [0.3, 0.4) is 0 Å². The maximum absolute atomic E-state index is 12.9. The molecule has 4 unspecified atom stereocenters. The largest absolute Gasteiger partial charge is 0.466 e. The Morgan fingerprint density at radius 1 is 1.10 bits per heavy atom. The molecule has 166 valence electrons. The highest BCUT2D eigenvalue weighted by Crippen LogP contribution is 2.66. The van der Waals surface area contributed by atoms with Gasteiger partial charge in [-0.3, -0.25) is 4.79 Å². The molecule has 0 bridgehead atoms. The van der Waals surface area contributed by atoms with Gasteiger partial charge in [-0.05, 0) is 48.4 Å². The van der Waals surface area contributed by atoms with E-state index in [0.29, 0.717) is 17.7 Å². The maximum Gasteiger partial charge on any atom is 0.416 e. The van der Waals surface area contributed by atoms with Crippen molar-refractivity contribution in [3.63, 3.8) is 0 Å². The van der Waals surface area contributed by atoms with Crippen molar-refractivity contribution in [3.05, 3.63) is 53.1 Å². The zero-order valence-corrected chi connectivity index (χ0v) is 16.0. The van der Waals surface area contributed by atoms with Crippen molar-refractivity contribution in [1.82, 2.24) is 0 Å². The molecule has 0 amide bonds. The molecule has 5 nitrogen and oxygen atoms in total. The highest BCUT2D eigenvalue weighted by molar-refractivity contribution is 5.80. The summed E-state index contributed by atoms with van der Waals surface area (Å²) >= 11 is 0. The van der Waals surface area contributed by atoms with Crippen molar-refractivity contribution in [2.24, 2.45) is 11.8 Å². The third-order valence-corrected chi connectivity index (χ3v) is 5.45. The molecule has 0 saturated heterocycles. The zero-order valence-electron chi connectivity index (χ0n) is 16.0. The molecule has 2 aliphatic rings. The number of benzene rings is 2. The van der Waals surface area contributed by atoms with Crippen LogP contribution in [-0.2, 0) is 15.7 Å². The van der Waals surface area contributed by atoms with Crippen LogP contribution in [0.1, 0.15) is 35.6 Å². The minimum absolute atomic E-state index is 0.116. The standard InChI is InChI=1S/C21H17F5O5/c1-2-29-19(28)17-15-11-5-4-10(8-12(11)18(27)16(15)17)30-13-6-3-9(21(24,25)26)7-14(13)31-20(22)23/h3-8,15-18,20,27H,2H2,1H3. The van der Waals surface area contributed by atoms with Crippen LogP contribution >= 0.6 is 0 Å². The van der Waals surface area contributed by atoms with E-state index in [2.05, 4.69) is 4.74 Å². The molecule has 0 aromatic heterocycles. The van der Waals surface area contributed by atoms with E-state index in [1.54, 1.807) is 13.0 Å². The van der Waals surface area contributed by atoms with Crippen LogP contribution in [0.2, 0.25) is 0 Å². The van der Waals surface area contributed by atoms with Crippen LogP contribution in [-0.4, -0.2) is 24.3 Å². The molecule has 2 aliphatic carbocycles. The smallest absolute Gasteiger partial charge is 0.416 e. The molecule has 10 heteroatoms. The number of hydrogen-bond donors (Lipinski definition) is 1. The molecule has 1 saturated carbocycles. The minimum atomic E-state index is -4.74. The van der Waals surface area contributed by atoms with Gasteiger partial charge < -0.3 is 19.3 Å². The second kappa shape index (κ2) is 7.67. The van der Waals surface area contributed by atoms with E-state index >= 15 is 0 Å². The van der Waals surface area contributed by atoms with E-state index in [1.807, 2.05) is 0 Å².